The van der Waals surface area contributed by atoms with Crippen LogP contribution in [-0.4, -0.2) is 10.7 Å². The number of rotatable bonds is 6. The van der Waals surface area contributed by atoms with Crippen LogP contribution >= 0.6 is 35.0 Å². The van der Waals surface area contributed by atoms with Gasteiger partial charge in [-0.2, -0.15) is 5.26 Å². The van der Waals surface area contributed by atoms with Crippen LogP contribution in [0.3, 0.4) is 0 Å². The van der Waals surface area contributed by atoms with Gasteiger partial charge in [-0.25, -0.2) is 0 Å². The zero-order chi connectivity index (χ0) is 31.2. The summed E-state index contributed by atoms with van der Waals surface area (Å²) in [6.45, 7) is 7.96. The lowest BCUT2D eigenvalue weighted by molar-refractivity contribution is -0.384. The van der Waals surface area contributed by atoms with Crippen LogP contribution in [0.5, 0.6) is 0 Å². The van der Waals surface area contributed by atoms with Gasteiger partial charge in [0.05, 0.1) is 27.5 Å². The minimum Gasteiger partial charge on any atom is -0.384 e. The zero-order valence-corrected chi connectivity index (χ0v) is 26.5. The van der Waals surface area contributed by atoms with Gasteiger partial charge >= 0.3 is 0 Å². The highest BCUT2D eigenvalue weighted by Crippen LogP contribution is 2.52. The maximum absolute atomic E-state index is 14.0. The second-order valence-corrected chi connectivity index (χ2v) is 13.6. The number of halogens is 2. The van der Waals surface area contributed by atoms with Crippen LogP contribution in [0.4, 0.5) is 11.4 Å². The van der Waals surface area contributed by atoms with E-state index in [0.29, 0.717) is 33.5 Å². The van der Waals surface area contributed by atoms with Crippen LogP contribution in [0.25, 0.3) is 0 Å². The number of carbonyl (C=O) groups is 1. The Bertz CT molecular complexity index is 1790. The Morgan fingerprint density at radius 3 is 2.56 bits per heavy atom. The van der Waals surface area contributed by atoms with E-state index in [2.05, 4.69) is 12.1 Å². The average Bonchev–Trinajstić information content (AvgIpc) is 2.93. The van der Waals surface area contributed by atoms with Crippen LogP contribution in [0.2, 0.25) is 10.0 Å². The molecule has 10 heteroatoms. The molecule has 5 rings (SSSR count). The molecule has 0 fully saturated rings. The van der Waals surface area contributed by atoms with E-state index in [1.807, 2.05) is 39.8 Å². The molecule has 1 atom stereocenters. The van der Waals surface area contributed by atoms with E-state index in [-0.39, 0.29) is 35.0 Å². The van der Waals surface area contributed by atoms with Gasteiger partial charge in [0.2, 0.25) is 0 Å². The molecule has 1 aliphatic heterocycles. The van der Waals surface area contributed by atoms with Gasteiger partial charge in [-0.1, -0.05) is 66.9 Å². The number of nitrogens with zero attached hydrogens (tertiary/aromatic N) is 3. The molecule has 7 nitrogen and oxygen atoms in total. The third-order valence-electron chi connectivity index (χ3n) is 7.99. The smallest absolute Gasteiger partial charge is 0.293 e. The Morgan fingerprint density at radius 2 is 1.86 bits per heavy atom. The number of aryl methyl sites for hydroxylation is 1. The molecule has 43 heavy (non-hydrogen) atoms. The van der Waals surface area contributed by atoms with Crippen LogP contribution < -0.4 is 10.6 Å². The van der Waals surface area contributed by atoms with Gasteiger partial charge in [0.15, 0.2) is 5.78 Å². The van der Waals surface area contributed by atoms with Crippen molar-refractivity contribution in [2.75, 3.05) is 4.90 Å². The molecular formula is C33H30Cl2N4O3S. The molecule has 0 spiro atoms. The first-order valence-corrected chi connectivity index (χ1v) is 15.4. The van der Waals surface area contributed by atoms with Crippen LogP contribution in [-0.2, 0) is 10.5 Å². The Labute approximate surface area is 265 Å². The quantitative estimate of drug-likeness (QED) is 0.164. The SMILES string of the molecule is Cc1cc(CSc2cc(Cl)ccc2Cl)c(C)c(C2C(C#N)=C(N)N(c3ccccc3[N+](=O)[O-])C3=C2C(=O)CC(C)(C)C3)c1. The van der Waals surface area contributed by atoms with E-state index >= 15 is 0 Å². The Hall–Kier alpha value is -3.77. The molecule has 1 heterocycles. The summed E-state index contributed by atoms with van der Waals surface area (Å²) in [6.07, 6.45) is 0.739. The van der Waals surface area contributed by atoms with E-state index < -0.39 is 16.3 Å². The minimum atomic E-state index is -0.707. The number of hydrogen-bond donors (Lipinski definition) is 1. The number of allylic oxidation sites excluding steroid dienone is 3. The number of para-hydroxylation sites is 2. The fourth-order valence-electron chi connectivity index (χ4n) is 6.06. The first-order chi connectivity index (χ1) is 20.3. The highest BCUT2D eigenvalue weighted by Gasteiger charge is 2.46. The summed E-state index contributed by atoms with van der Waals surface area (Å²) in [5.74, 6) is -0.124. The second kappa shape index (κ2) is 11.7. The van der Waals surface area contributed by atoms with Crippen molar-refractivity contribution in [3.63, 3.8) is 0 Å². The molecule has 0 saturated heterocycles. The number of hydrogen-bond acceptors (Lipinski definition) is 7. The standard InChI is InChI=1S/C33H30Cl2N4O3S/c1-18-11-20(17-43-29-13-21(34)9-10-24(29)35)19(2)22(12-18)30-23(16-36)32(37)38(25-7-5-6-8-26(25)39(41)42)27-14-33(3,4)15-28(40)31(27)30/h5-13,30H,14-15,17,37H2,1-4H3. The Kier molecular flexibility index (Phi) is 8.36. The van der Waals surface area contributed by atoms with Gasteiger partial charge in [-0.15, -0.1) is 11.8 Å². The van der Waals surface area contributed by atoms with Gasteiger partial charge in [0.25, 0.3) is 5.69 Å². The third-order valence-corrected chi connectivity index (χ3v) is 9.77. The van der Waals surface area contributed by atoms with Crippen molar-refractivity contribution in [1.82, 2.24) is 0 Å². The van der Waals surface area contributed by atoms with E-state index in [9.17, 15) is 20.2 Å². The number of thioether (sulfide) groups is 1. The largest absolute Gasteiger partial charge is 0.384 e. The summed E-state index contributed by atoms with van der Waals surface area (Å²) in [4.78, 5) is 28.0. The van der Waals surface area contributed by atoms with Crippen LogP contribution in [0.15, 0.2) is 82.2 Å². The van der Waals surface area contributed by atoms with Gasteiger partial charge in [-0.05, 0) is 66.6 Å². The molecule has 1 unspecified atom stereocenters. The Balaban J connectivity index is 1.70. The summed E-state index contributed by atoms with van der Waals surface area (Å²) in [5, 5.41) is 23.8. The molecule has 0 aromatic heterocycles. The third kappa shape index (κ3) is 5.77. The lowest BCUT2D eigenvalue weighted by Crippen LogP contribution is -2.42. The summed E-state index contributed by atoms with van der Waals surface area (Å²) in [7, 11) is 0. The number of nitro groups is 1. The molecule has 0 radical (unpaired) electrons. The maximum atomic E-state index is 14.0. The number of anilines is 1. The zero-order valence-electron chi connectivity index (χ0n) is 24.2. The maximum Gasteiger partial charge on any atom is 0.293 e. The van der Waals surface area contributed by atoms with E-state index in [1.54, 1.807) is 47.0 Å². The average molecular weight is 634 g/mol. The normalized spacial score (nSPS) is 18.0. The number of Topliss-reactive ketones (excluding diaryl/α,β-unsaturated/α-hetero) is 1. The van der Waals surface area contributed by atoms with Crippen molar-refractivity contribution >= 4 is 52.1 Å². The molecule has 2 aliphatic rings. The lowest BCUT2D eigenvalue weighted by atomic mass is 9.68. The molecule has 3 aromatic rings. The molecule has 1 aliphatic carbocycles. The highest BCUT2D eigenvalue weighted by atomic mass is 35.5. The van der Waals surface area contributed by atoms with Crippen molar-refractivity contribution in [3.05, 3.63) is 120 Å². The minimum absolute atomic E-state index is 0.0913. The summed E-state index contributed by atoms with van der Waals surface area (Å²) in [5.41, 5.74) is 11.4. The van der Waals surface area contributed by atoms with E-state index in [0.717, 1.165) is 27.1 Å². The summed E-state index contributed by atoms with van der Waals surface area (Å²) in [6, 6.07) is 18.0. The van der Waals surface area contributed by atoms with Crippen LogP contribution in [0.1, 0.15) is 54.9 Å². The van der Waals surface area contributed by atoms with Crippen molar-refractivity contribution in [2.24, 2.45) is 11.1 Å². The molecule has 3 aromatic carbocycles. The number of ketones is 1. The fraction of sp³-hybridized carbons (Fsp3) is 0.273. The summed E-state index contributed by atoms with van der Waals surface area (Å²) < 4.78 is 0. The van der Waals surface area contributed by atoms with Gasteiger partial charge in [-0.3, -0.25) is 19.8 Å². The second-order valence-electron chi connectivity index (χ2n) is 11.7. The van der Waals surface area contributed by atoms with Crippen molar-refractivity contribution < 1.29 is 9.72 Å². The molecule has 0 saturated carbocycles. The number of carbonyl (C=O) groups excluding carboxylic acids is 1. The fourth-order valence-corrected chi connectivity index (χ4v) is 7.60. The van der Waals surface area contributed by atoms with Gasteiger partial charge in [0.1, 0.15) is 11.5 Å². The number of nitriles is 1. The molecule has 0 bridgehead atoms. The number of benzene rings is 3. The van der Waals surface area contributed by atoms with Crippen molar-refractivity contribution in [3.8, 4) is 6.07 Å². The topological polar surface area (TPSA) is 113 Å². The Morgan fingerprint density at radius 1 is 1.14 bits per heavy atom. The molecule has 220 valence electrons. The highest BCUT2D eigenvalue weighted by molar-refractivity contribution is 7.98. The van der Waals surface area contributed by atoms with E-state index in [4.69, 9.17) is 28.9 Å². The van der Waals surface area contributed by atoms with Crippen LogP contribution in [0, 0.1) is 40.7 Å². The lowest BCUT2D eigenvalue weighted by Gasteiger charge is -2.43. The van der Waals surface area contributed by atoms with Crippen molar-refractivity contribution in [2.45, 2.75) is 57.1 Å². The number of nitro benzene ring substituents is 1. The molecule has 2 N–H and O–H groups in total. The molecular weight excluding hydrogens is 603 g/mol. The summed E-state index contributed by atoms with van der Waals surface area (Å²) >= 11 is 14.2. The number of nitrogens with two attached hydrogens (primary N) is 1. The van der Waals surface area contributed by atoms with Crippen molar-refractivity contribution in [1.29, 1.82) is 5.26 Å². The first-order valence-electron chi connectivity index (χ1n) is 13.7. The first kappa shape index (κ1) is 30.7. The van der Waals surface area contributed by atoms with E-state index in [1.165, 1.54) is 6.07 Å². The van der Waals surface area contributed by atoms with Gasteiger partial charge < -0.3 is 5.73 Å². The predicted molar refractivity (Wildman–Crippen MR) is 172 cm³/mol. The van der Waals surface area contributed by atoms with Gasteiger partial charge in [0, 0.05) is 39.4 Å². The predicted octanol–water partition coefficient (Wildman–Crippen LogP) is 8.75. The molecule has 0 amide bonds. The monoisotopic (exact) mass is 632 g/mol.